The van der Waals surface area contributed by atoms with Gasteiger partial charge in [0.05, 0.1) is 11.2 Å². The molecule has 1 aromatic heterocycles. The number of fused-ring (bicyclic) bond motifs is 1. The van der Waals surface area contributed by atoms with Crippen molar-refractivity contribution in [1.82, 2.24) is 9.97 Å². The monoisotopic (exact) mass is 319 g/mol. The summed E-state index contributed by atoms with van der Waals surface area (Å²) in [5.41, 5.74) is 2.10. The molecular weight excluding hydrogens is 298 g/mol. The molecule has 0 bridgehead atoms. The van der Waals surface area contributed by atoms with Crippen molar-refractivity contribution in [3.63, 3.8) is 0 Å². The van der Waals surface area contributed by atoms with Gasteiger partial charge in [0, 0.05) is 17.5 Å². The summed E-state index contributed by atoms with van der Waals surface area (Å²) < 4.78 is 0. The van der Waals surface area contributed by atoms with Crippen molar-refractivity contribution < 1.29 is 0 Å². The molecule has 0 radical (unpaired) electrons. The van der Waals surface area contributed by atoms with Crippen LogP contribution in [0, 0.1) is 0 Å². The largest absolute Gasteiger partial charge is 0.365 e. The second-order valence-corrected chi connectivity index (χ2v) is 5.74. The van der Waals surface area contributed by atoms with Crippen LogP contribution >= 0.6 is 0 Å². The molecule has 1 N–H and O–H groups in total. The second-order valence-electron chi connectivity index (χ2n) is 5.74. The lowest BCUT2D eigenvalue weighted by Crippen LogP contribution is -2.14. The average Bonchev–Trinajstić information content (AvgIpc) is 2.76. The molecule has 122 valence electrons. The van der Waals surface area contributed by atoms with Crippen molar-refractivity contribution >= 4 is 16.7 Å². The summed E-state index contributed by atoms with van der Waals surface area (Å²) in [6, 6.07) is 17.5. The summed E-state index contributed by atoms with van der Waals surface area (Å²) in [7, 11) is 0. The van der Waals surface area contributed by atoms with Gasteiger partial charge in [-0.25, -0.2) is 9.97 Å². The molecule has 1 heterocycles. The van der Waals surface area contributed by atoms with E-state index in [2.05, 4.69) is 22.2 Å². The van der Waals surface area contributed by atoms with Crippen molar-refractivity contribution in [3.8, 4) is 11.3 Å². The molecule has 0 aliphatic carbocycles. The Balaban J connectivity index is 2.13. The van der Waals surface area contributed by atoms with Crippen molar-refractivity contribution in [3.05, 3.63) is 65.0 Å². The van der Waals surface area contributed by atoms with Gasteiger partial charge >= 0.3 is 5.56 Å². The van der Waals surface area contributed by atoms with E-state index in [1.807, 2.05) is 54.6 Å². The Kier molecular flexibility index (Phi) is 5.16. The van der Waals surface area contributed by atoms with Crippen LogP contribution in [-0.4, -0.2) is 16.5 Å². The zero-order chi connectivity index (χ0) is 16.8. The number of benzene rings is 2. The van der Waals surface area contributed by atoms with Crippen LogP contribution in [0.4, 0.5) is 5.82 Å². The van der Waals surface area contributed by atoms with Gasteiger partial charge in [-0.3, -0.25) is 4.79 Å². The number of para-hydroxylation sites is 1. The summed E-state index contributed by atoms with van der Waals surface area (Å²) in [5.74, 6) is 0.321. The van der Waals surface area contributed by atoms with E-state index < -0.39 is 0 Å². The summed E-state index contributed by atoms with van der Waals surface area (Å²) in [5, 5.41) is 4.04. The first-order valence-electron chi connectivity index (χ1n) is 8.40. The lowest BCUT2D eigenvalue weighted by molar-refractivity contribution is 0.742. The third-order valence-electron chi connectivity index (χ3n) is 3.93. The van der Waals surface area contributed by atoms with Crippen LogP contribution in [0.25, 0.3) is 22.2 Å². The van der Waals surface area contributed by atoms with Crippen LogP contribution in [0.2, 0.25) is 0 Å². The van der Waals surface area contributed by atoms with E-state index in [-0.39, 0.29) is 5.56 Å². The number of nitrogens with one attached hydrogen (secondary N) is 1. The fourth-order valence-electron chi connectivity index (χ4n) is 2.67. The van der Waals surface area contributed by atoms with Crippen molar-refractivity contribution in [2.45, 2.75) is 26.2 Å². The standard InChI is InChI=1S/C20H21N3O/c1-2-3-9-14-21-19-20(24)22-17-13-8-7-12-16(17)18(23-19)15-10-5-4-6-11-15/h4-8,10-13H,2-3,9,14H2,1H3,(H,21,22,23,24). The first kappa shape index (κ1) is 16.1. The number of hydrogen-bond donors (Lipinski definition) is 1. The molecule has 24 heavy (non-hydrogen) atoms. The first-order valence-corrected chi connectivity index (χ1v) is 8.40. The summed E-state index contributed by atoms with van der Waals surface area (Å²) in [6.45, 7) is 2.88. The zero-order valence-corrected chi connectivity index (χ0v) is 13.8. The van der Waals surface area contributed by atoms with Gasteiger partial charge in [0.25, 0.3) is 0 Å². The van der Waals surface area contributed by atoms with E-state index in [9.17, 15) is 4.79 Å². The van der Waals surface area contributed by atoms with Gasteiger partial charge in [0.15, 0.2) is 5.82 Å². The van der Waals surface area contributed by atoms with Gasteiger partial charge in [0.2, 0.25) is 0 Å². The molecular formula is C20H21N3O. The van der Waals surface area contributed by atoms with Crippen LogP contribution in [0.5, 0.6) is 0 Å². The van der Waals surface area contributed by atoms with Gasteiger partial charge in [-0.05, 0) is 12.5 Å². The molecule has 2 aromatic carbocycles. The van der Waals surface area contributed by atoms with Crippen LogP contribution in [0.15, 0.2) is 59.4 Å². The molecule has 0 spiro atoms. The third kappa shape index (κ3) is 3.59. The Morgan fingerprint density at radius 3 is 2.46 bits per heavy atom. The minimum atomic E-state index is -0.315. The van der Waals surface area contributed by atoms with Gasteiger partial charge in [-0.2, -0.15) is 0 Å². The predicted molar refractivity (Wildman–Crippen MR) is 99.3 cm³/mol. The number of anilines is 1. The Bertz CT molecular complexity index is 878. The highest BCUT2D eigenvalue weighted by atomic mass is 16.1. The predicted octanol–water partition coefficient (Wildman–Crippen LogP) is 4.26. The molecule has 0 saturated carbocycles. The second kappa shape index (κ2) is 7.68. The maximum absolute atomic E-state index is 12.4. The molecule has 3 rings (SSSR count). The molecule has 4 nitrogen and oxygen atoms in total. The quantitative estimate of drug-likeness (QED) is 0.690. The molecule has 0 aliphatic rings. The molecule has 4 heteroatoms. The molecule has 0 saturated heterocycles. The minimum absolute atomic E-state index is 0.315. The van der Waals surface area contributed by atoms with E-state index in [4.69, 9.17) is 0 Å². The Morgan fingerprint density at radius 2 is 1.67 bits per heavy atom. The fourth-order valence-corrected chi connectivity index (χ4v) is 2.67. The van der Waals surface area contributed by atoms with Crippen LogP contribution < -0.4 is 10.9 Å². The fraction of sp³-hybridized carbons (Fsp3) is 0.250. The SMILES string of the molecule is CCCCCNc1nc(-c2ccccc2)c2ccccc2nc1=O. The molecule has 0 atom stereocenters. The van der Waals surface area contributed by atoms with Crippen LogP contribution in [-0.2, 0) is 0 Å². The maximum atomic E-state index is 12.4. The van der Waals surface area contributed by atoms with E-state index in [0.29, 0.717) is 11.3 Å². The normalized spacial score (nSPS) is 10.7. The number of nitrogens with zero attached hydrogens (tertiary/aromatic N) is 2. The van der Waals surface area contributed by atoms with Crippen LogP contribution in [0.1, 0.15) is 26.2 Å². The zero-order valence-electron chi connectivity index (χ0n) is 13.8. The number of hydrogen-bond acceptors (Lipinski definition) is 4. The Morgan fingerprint density at radius 1 is 0.917 bits per heavy atom. The Labute approximate surface area is 141 Å². The highest BCUT2D eigenvalue weighted by molar-refractivity contribution is 5.92. The average molecular weight is 319 g/mol. The van der Waals surface area contributed by atoms with Crippen molar-refractivity contribution in [2.75, 3.05) is 11.9 Å². The lowest BCUT2D eigenvalue weighted by atomic mass is 10.1. The van der Waals surface area contributed by atoms with Gasteiger partial charge in [0.1, 0.15) is 0 Å². The minimum Gasteiger partial charge on any atom is -0.365 e. The van der Waals surface area contributed by atoms with E-state index in [1.165, 1.54) is 0 Å². The molecule has 0 fully saturated rings. The third-order valence-corrected chi connectivity index (χ3v) is 3.93. The molecule has 3 aromatic rings. The van der Waals surface area contributed by atoms with E-state index >= 15 is 0 Å². The number of rotatable bonds is 6. The van der Waals surface area contributed by atoms with E-state index in [1.54, 1.807) is 0 Å². The first-order chi connectivity index (χ1) is 11.8. The Hall–Kier alpha value is -2.75. The summed E-state index contributed by atoms with van der Waals surface area (Å²) >= 11 is 0. The molecule has 0 unspecified atom stereocenters. The van der Waals surface area contributed by atoms with Gasteiger partial charge < -0.3 is 5.32 Å². The topological polar surface area (TPSA) is 54.9 Å². The van der Waals surface area contributed by atoms with Crippen LogP contribution in [0.3, 0.4) is 0 Å². The maximum Gasteiger partial charge on any atom is 0.312 e. The lowest BCUT2D eigenvalue weighted by Gasteiger charge is -2.04. The summed E-state index contributed by atoms with van der Waals surface area (Å²) in [4.78, 5) is 21.3. The number of unbranched alkanes of at least 4 members (excludes halogenated alkanes) is 2. The molecule has 0 amide bonds. The van der Waals surface area contributed by atoms with Crippen molar-refractivity contribution in [2.24, 2.45) is 0 Å². The van der Waals surface area contributed by atoms with Gasteiger partial charge in [-0.1, -0.05) is 68.3 Å². The molecule has 0 aliphatic heterocycles. The highest BCUT2D eigenvalue weighted by Gasteiger charge is 2.09. The van der Waals surface area contributed by atoms with E-state index in [0.717, 1.165) is 42.5 Å². The highest BCUT2D eigenvalue weighted by Crippen LogP contribution is 2.24. The van der Waals surface area contributed by atoms with Gasteiger partial charge in [-0.15, -0.1) is 0 Å². The smallest absolute Gasteiger partial charge is 0.312 e. The number of aromatic nitrogens is 2. The summed E-state index contributed by atoms with van der Waals surface area (Å²) in [6.07, 6.45) is 3.27. The van der Waals surface area contributed by atoms with Crippen molar-refractivity contribution in [1.29, 1.82) is 0 Å².